The molecule has 7 nitrogen and oxygen atoms in total. The third-order valence-electron chi connectivity index (χ3n) is 5.39. The zero-order valence-electron chi connectivity index (χ0n) is 15.1. The lowest BCUT2D eigenvalue weighted by molar-refractivity contribution is 0.353. The number of aromatic nitrogens is 3. The highest BCUT2D eigenvalue weighted by atomic mass is 35.5. The van der Waals surface area contributed by atoms with E-state index >= 15 is 0 Å². The standard InChI is InChI=1S/C19H21ClN4O3/c1-3-9(2)24-18(26)14(17(25)23-19(24)27)16-15-11(6-7-21-16)12-8-10(20)4-5-13(12)22-15/h4-5,8-9,16,21-22,26H,3,6-7H2,1-2H3,(H,23,25,27)/t9-,16-/m1/s1. The summed E-state index contributed by atoms with van der Waals surface area (Å²) >= 11 is 6.15. The van der Waals surface area contributed by atoms with Crippen LogP contribution in [0.1, 0.15) is 49.2 Å². The van der Waals surface area contributed by atoms with E-state index in [1.165, 1.54) is 4.57 Å². The average Bonchev–Trinajstić information content (AvgIpc) is 3.00. The summed E-state index contributed by atoms with van der Waals surface area (Å²) in [6.45, 7) is 4.38. The van der Waals surface area contributed by atoms with Gasteiger partial charge in [0.2, 0.25) is 5.88 Å². The first-order valence-electron chi connectivity index (χ1n) is 9.03. The van der Waals surface area contributed by atoms with Crippen LogP contribution in [0.2, 0.25) is 5.02 Å². The maximum Gasteiger partial charge on any atom is 0.331 e. The molecule has 1 aromatic carbocycles. The molecule has 0 fully saturated rings. The van der Waals surface area contributed by atoms with E-state index in [1.807, 2.05) is 32.0 Å². The maximum absolute atomic E-state index is 12.6. The maximum atomic E-state index is 12.6. The Labute approximate surface area is 160 Å². The Hall–Kier alpha value is -2.51. The number of halogens is 1. The number of hydrogen-bond donors (Lipinski definition) is 4. The summed E-state index contributed by atoms with van der Waals surface area (Å²) in [6, 6.07) is 4.83. The second-order valence-corrected chi connectivity index (χ2v) is 7.40. The van der Waals surface area contributed by atoms with Gasteiger partial charge in [-0.1, -0.05) is 18.5 Å². The molecular weight excluding hydrogens is 368 g/mol. The van der Waals surface area contributed by atoms with Crippen LogP contribution in [0.5, 0.6) is 5.88 Å². The molecule has 8 heteroatoms. The van der Waals surface area contributed by atoms with Crippen LogP contribution in [-0.4, -0.2) is 26.2 Å². The van der Waals surface area contributed by atoms with E-state index in [0.717, 1.165) is 28.6 Å². The molecule has 3 aromatic rings. The summed E-state index contributed by atoms with van der Waals surface area (Å²) in [5.41, 5.74) is 1.76. The highest BCUT2D eigenvalue weighted by Gasteiger charge is 2.31. The fraction of sp³-hybridized carbons (Fsp3) is 0.368. The predicted octanol–water partition coefficient (Wildman–Crippen LogP) is 2.58. The summed E-state index contributed by atoms with van der Waals surface area (Å²) < 4.78 is 1.24. The van der Waals surface area contributed by atoms with Crippen molar-refractivity contribution in [1.82, 2.24) is 19.9 Å². The fourth-order valence-corrected chi connectivity index (χ4v) is 4.02. The molecule has 27 heavy (non-hydrogen) atoms. The largest absolute Gasteiger partial charge is 0.494 e. The van der Waals surface area contributed by atoms with Crippen molar-refractivity contribution >= 4 is 22.5 Å². The molecule has 3 heterocycles. The van der Waals surface area contributed by atoms with Crippen LogP contribution in [0.3, 0.4) is 0 Å². The van der Waals surface area contributed by atoms with Gasteiger partial charge in [0, 0.05) is 34.2 Å². The first kappa shape index (κ1) is 17.9. The van der Waals surface area contributed by atoms with E-state index < -0.39 is 17.3 Å². The molecule has 1 aliphatic rings. The predicted molar refractivity (Wildman–Crippen MR) is 105 cm³/mol. The van der Waals surface area contributed by atoms with Crippen molar-refractivity contribution in [2.24, 2.45) is 0 Å². The molecule has 0 radical (unpaired) electrons. The Balaban J connectivity index is 1.96. The number of aromatic hydroxyl groups is 1. The summed E-state index contributed by atoms with van der Waals surface area (Å²) in [4.78, 5) is 30.5. The van der Waals surface area contributed by atoms with Crippen LogP contribution < -0.4 is 16.6 Å². The van der Waals surface area contributed by atoms with E-state index in [4.69, 9.17) is 11.6 Å². The van der Waals surface area contributed by atoms with Crippen LogP contribution in [0.25, 0.3) is 10.9 Å². The molecule has 4 N–H and O–H groups in total. The van der Waals surface area contributed by atoms with Crippen LogP contribution in [-0.2, 0) is 6.42 Å². The van der Waals surface area contributed by atoms with Crippen molar-refractivity contribution in [2.75, 3.05) is 6.54 Å². The Kier molecular flexibility index (Phi) is 4.36. The molecule has 0 saturated carbocycles. The molecule has 0 saturated heterocycles. The lowest BCUT2D eigenvalue weighted by Crippen LogP contribution is -2.39. The molecule has 0 bridgehead atoms. The summed E-state index contributed by atoms with van der Waals surface area (Å²) in [5, 5.41) is 15.8. The molecule has 0 spiro atoms. The van der Waals surface area contributed by atoms with Crippen LogP contribution in [0.4, 0.5) is 0 Å². The minimum atomic E-state index is -0.602. The number of rotatable bonds is 3. The molecule has 0 unspecified atom stereocenters. The fourth-order valence-electron chi connectivity index (χ4n) is 3.85. The van der Waals surface area contributed by atoms with Crippen molar-refractivity contribution in [1.29, 1.82) is 0 Å². The third kappa shape index (κ3) is 2.78. The highest BCUT2D eigenvalue weighted by molar-refractivity contribution is 6.31. The lowest BCUT2D eigenvalue weighted by atomic mass is 9.95. The summed E-state index contributed by atoms with van der Waals surface area (Å²) in [7, 11) is 0. The number of H-pyrrole nitrogens is 2. The zero-order chi connectivity index (χ0) is 19.3. The van der Waals surface area contributed by atoms with Gasteiger partial charge in [0.1, 0.15) is 5.56 Å². The van der Waals surface area contributed by atoms with Gasteiger partial charge in [-0.25, -0.2) is 4.79 Å². The van der Waals surface area contributed by atoms with Gasteiger partial charge < -0.3 is 15.4 Å². The SMILES string of the molecule is CC[C@@H](C)n1c(O)c([C@H]2NCCc3c2[nH]c2ccc(Cl)cc32)c(=O)[nH]c1=O. The quantitative estimate of drug-likeness (QED) is 0.553. The van der Waals surface area contributed by atoms with Crippen LogP contribution in [0.15, 0.2) is 27.8 Å². The van der Waals surface area contributed by atoms with Gasteiger partial charge in [-0.05, 0) is 43.5 Å². The Morgan fingerprint density at radius 3 is 2.85 bits per heavy atom. The Morgan fingerprint density at radius 1 is 1.33 bits per heavy atom. The highest BCUT2D eigenvalue weighted by Crippen LogP contribution is 2.36. The van der Waals surface area contributed by atoms with Crippen molar-refractivity contribution < 1.29 is 5.11 Å². The van der Waals surface area contributed by atoms with Gasteiger partial charge in [0.05, 0.1) is 6.04 Å². The first-order valence-corrected chi connectivity index (χ1v) is 9.41. The number of benzene rings is 1. The Morgan fingerprint density at radius 2 is 2.11 bits per heavy atom. The number of fused-ring (bicyclic) bond motifs is 3. The number of aromatic amines is 2. The minimum absolute atomic E-state index is 0.147. The molecule has 142 valence electrons. The van der Waals surface area contributed by atoms with Gasteiger partial charge in [-0.3, -0.25) is 14.3 Å². The smallest absolute Gasteiger partial charge is 0.331 e. The molecule has 4 rings (SSSR count). The van der Waals surface area contributed by atoms with E-state index in [0.29, 0.717) is 18.0 Å². The molecule has 0 aliphatic carbocycles. The van der Waals surface area contributed by atoms with Crippen molar-refractivity contribution in [2.45, 2.75) is 38.8 Å². The van der Waals surface area contributed by atoms with Crippen molar-refractivity contribution in [3.8, 4) is 5.88 Å². The van der Waals surface area contributed by atoms with E-state index in [2.05, 4.69) is 15.3 Å². The molecule has 0 amide bonds. The van der Waals surface area contributed by atoms with Gasteiger partial charge in [-0.2, -0.15) is 0 Å². The normalized spacial score (nSPS) is 17.8. The lowest BCUT2D eigenvalue weighted by Gasteiger charge is -2.26. The zero-order valence-corrected chi connectivity index (χ0v) is 15.9. The summed E-state index contributed by atoms with van der Waals surface area (Å²) in [5.74, 6) is -0.292. The second kappa shape index (κ2) is 6.58. The van der Waals surface area contributed by atoms with E-state index in [9.17, 15) is 14.7 Å². The first-order chi connectivity index (χ1) is 12.9. The van der Waals surface area contributed by atoms with Crippen molar-refractivity contribution in [3.05, 3.63) is 60.9 Å². The van der Waals surface area contributed by atoms with Crippen LogP contribution in [0, 0.1) is 0 Å². The third-order valence-corrected chi connectivity index (χ3v) is 5.62. The van der Waals surface area contributed by atoms with Gasteiger partial charge in [-0.15, -0.1) is 0 Å². The van der Waals surface area contributed by atoms with Gasteiger partial charge in [0.25, 0.3) is 5.56 Å². The second-order valence-electron chi connectivity index (χ2n) is 6.97. The number of hydrogen-bond acceptors (Lipinski definition) is 4. The average molecular weight is 389 g/mol. The molecule has 2 aromatic heterocycles. The van der Waals surface area contributed by atoms with Gasteiger partial charge >= 0.3 is 5.69 Å². The van der Waals surface area contributed by atoms with Crippen molar-refractivity contribution in [3.63, 3.8) is 0 Å². The summed E-state index contributed by atoms with van der Waals surface area (Å²) in [6.07, 6.45) is 1.42. The van der Waals surface area contributed by atoms with Gasteiger partial charge in [0.15, 0.2) is 0 Å². The molecule has 2 atom stereocenters. The minimum Gasteiger partial charge on any atom is -0.494 e. The number of nitrogens with zero attached hydrogens (tertiary/aromatic N) is 1. The number of nitrogens with one attached hydrogen (secondary N) is 3. The van der Waals surface area contributed by atoms with E-state index in [1.54, 1.807) is 0 Å². The Bertz CT molecular complexity index is 1140. The van der Waals surface area contributed by atoms with Crippen LogP contribution >= 0.6 is 11.6 Å². The van der Waals surface area contributed by atoms with E-state index in [-0.39, 0.29) is 17.5 Å². The molecule has 1 aliphatic heterocycles. The topological polar surface area (TPSA) is 103 Å². The molecular formula is C19H21ClN4O3. The monoisotopic (exact) mass is 388 g/mol.